The van der Waals surface area contributed by atoms with Crippen molar-refractivity contribution in [3.05, 3.63) is 66.2 Å². The third kappa shape index (κ3) is 5.12. The molecule has 0 aliphatic carbocycles. The third-order valence-corrected chi connectivity index (χ3v) is 4.63. The molecule has 0 unspecified atom stereocenters. The highest BCUT2D eigenvalue weighted by Crippen LogP contribution is 2.19. The summed E-state index contributed by atoms with van der Waals surface area (Å²) >= 11 is 0. The molecule has 2 aromatic carbocycles. The Bertz CT molecular complexity index is 986. The van der Waals surface area contributed by atoms with Gasteiger partial charge in [0.2, 0.25) is 5.91 Å². The highest BCUT2D eigenvalue weighted by atomic mass is 19.1. The Morgan fingerprint density at radius 1 is 1.13 bits per heavy atom. The Kier molecular flexibility index (Phi) is 6.19. The first-order chi connectivity index (χ1) is 14.7. The molecule has 0 spiro atoms. The topological polar surface area (TPSA) is 81.5 Å². The van der Waals surface area contributed by atoms with Crippen LogP contribution in [0.1, 0.15) is 5.69 Å². The number of morpholine rings is 1. The van der Waals surface area contributed by atoms with E-state index >= 15 is 0 Å². The number of aromatic nitrogens is 3. The highest BCUT2D eigenvalue weighted by molar-refractivity contribution is 5.90. The molecule has 3 aromatic rings. The number of nitrogens with zero attached hydrogens (tertiary/aromatic N) is 4. The van der Waals surface area contributed by atoms with Gasteiger partial charge < -0.3 is 19.7 Å². The van der Waals surface area contributed by atoms with E-state index in [4.69, 9.17) is 9.47 Å². The van der Waals surface area contributed by atoms with Crippen LogP contribution in [0.5, 0.6) is 5.75 Å². The van der Waals surface area contributed by atoms with E-state index < -0.39 is 5.82 Å². The lowest BCUT2D eigenvalue weighted by Crippen LogP contribution is -2.36. The zero-order chi connectivity index (χ0) is 20.8. The molecule has 4 rings (SSSR count). The summed E-state index contributed by atoms with van der Waals surface area (Å²) in [6, 6.07) is 13.8. The van der Waals surface area contributed by atoms with Gasteiger partial charge in [0, 0.05) is 24.5 Å². The number of carbonyl (C=O) groups is 1. The molecule has 2 heterocycles. The number of halogens is 1. The van der Waals surface area contributed by atoms with Gasteiger partial charge in [-0.05, 0) is 36.4 Å². The van der Waals surface area contributed by atoms with Crippen LogP contribution in [0.4, 0.5) is 15.8 Å². The average Bonchev–Trinajstić information content (AvgIpc) is 3.21. The maximum atomic E-state index is 13.6. The van der Waals surface area contributed by atoms with Crippen molar-refractivity contribution in [1.29, 1.82) is 0 Å². The van der Waals surface area contributed by atoms with Gasteiger partial charge in [-0.2, -0.15) is 0 Å². The van der Waals surface area contributed by atoms with Crippen molar-refractivity contribution in [2.45, 2.75) is 13.2 Å². The van der Waals surface area contributed by atoms with E-state index in [0.717, 1.165) is 32.0 Å². The second-order valence-corrected chi connectivity index (χ2v) is 6.82. The van der Waals surface area contributed by atoms with Crippen LogP contribution >= 0.6 is 0 Å². The maximum absolute atomic E-state index is 13.6. The van der Waals surface area contributed by atoms with Crippen LogP contribution in [0.3, 0.4) is 0 Å². The predicted molar refractivity (Wildman–Crippen MR) is 109 cm³/mol. The van der Waals surface area contributed by atoms with Crippen molar-refractivity contribution in [2.24, 2.45) is 0 Å². The molecule has 30 heavy (non-hydrogen) atoms. The summed E-state index contributed by atoms with van der Waals surface area (Å²) in [7, 11) is 0. The number of carbonyl (C=O) groups excluding carboxylic acids is 1. The summed E-state index contributed by atoms with van der Waals surface area (Å²) in [5.74, 6) is -0.519. The molecule has 1 aromatic heterocycles. The van der Waals surface area contributed by atoms with Gasteiger partial charge in [0.15, 0.2) is 11.6 Å². The first-order valence-corrected chi connectivity index (χ1v) is 9.66. The normalized spacial score (nSPS) is 13.8. The Labute approximate surface area is 173 Å². The lowest BCUT2D eigenvalue weighted by Gasteiger charge is -2.28. The fraction of sp³-hybridized carbons (Fsp3) is 0.286. The fourth-order valence-corrected chi connectivity index (χ4v) is 3.12. The van der Waals surface area contributed by atoms with E-state index in [2.05, 4.69) is 20.5 Å². The van der Waals surface area contributed by atoms with Gasteiger partial charge in [0.25, 0.3) is 0 Å². The van der Waals surface area contributed by atoms with E-state index in [1.54, 1.807) is 18.3 Å². The van der Waals surface area contributed by atoms with Gasteiger partial charge in [-0.1, -0.05) is 17.3 Å². The average molecular weight is 411 g/mol. The Balaban J connectivity index is 1.27. The van der Waals surface area contributed by atoms with E-state index in [0.29, 0.717) is 11.4 Å². The minimum absolute atomic E-state index is 0.0118. The molecule has 0 radical (unpaired) electrons. The molecule has 0 atom stereocenters. The number of amides is 1. The van der Waals surface area contributed by atoms with Crippen LogP contribution in [0.25, 0.3) is 0 Å². The van der Waals surface area contributed by atoms with Gasteiger partial charge in [-0.25, -0.2) is 9.07 Å². The van der Waals surface area contributed by atoms with Gasteiger partial charge in [-0.15, -0.1) is 5.10 Å². The molecule has 0 bridgehead atoms. The molecular weight excluding hydrogens is 389 g/mol. The number of nitrogens with one attached hydrogen (secondary N) is 1. The zero-order valence-corrected chi connectivity index (χ0v) is 16.3. The van der Waals surface area contributed by atoms with Crippen LogP contribution in [-0.4, -0.2) is 47.2 Å². The molecule has 1 fully saturated rings. The molecule has 0 saturated carbocycles. The standard InChI is InChI=1S/C21H22FN5O3/c22-19-3-1-2-4-20(19)30-15-17-13-27(25-24-17)14-21(28)23-16-5-7-18(8-6-16)26-9-11-29-12-10-26/h1-8,13H,9-12,14-15H2,(H,23,28). The van der Waals surface area contributed by atoms with Gasteiger partial charge in [0.05, 0.1) is 19.4 Å². The SMILES string of the molecule is O=C(Cn1cc(COc2ccccc2F)nn1)Nc1ccc(N2CCOCC2)cc1. The third-order valence-electron chi connectivity index (χ3n) is 4.63. The van der Waals surface area contributed by atoms with Crippen LogP contribution < -0.4 is 15.0 Å². The molecular formula is C21H22FN5O3. The van der Waals surface area contributed by atoms with Gasteiger partial charge in [0.1, 0.15) is 18.8 Å². The molecule has 156 valence electrons. The van der Waals surface area contributed by atoms with Crippen molar-refractivity contribution >= 4 is 17.3 Å². The summed E-state index contributed by atoms with van der Waals surface area (Å²) in [4.78, 5) is 14.5. The summed E-state index contributed by atoms with van der Waals surface area (Å²) in [6.07, 6.45) is 1.60. The van der Waals surface area contributed by atoms with Crippen molar-refractivity contribution in [3.8, 4) is 5.75 Å². The molecule has 1 N–H and O–H groups in total. The predicted octanol–water partition coefficient (Wildman–Crippen LogP) is 2.47. The number of rotatable bonds is 7. The van der Waals surface area contributed by atoms with E-state index in [9.17, 15) is 9.18 Å². The second kappa shape index (κ2) is 9.36. The van der Waals surface area contributed by atoms with Crippen molar-refractivity contribution in [2.75, 3.05) is 36.5 Å². The lowest BCUT2D eigenvalue weighted by atomic mass is 10.2. The van der Waals surface area contributed by atoms with E-state index in [-0.39, 0.29) is 24.8 Å². The molecule has 1 saturated heterocycles. The number of benzene rings is 2. The fourth-order valence-electron chi connectivity index (χ4n) is 3.12. The van der Waals surface area contributed by atoms with Crippen molar-refractivity contribution < 1.29 is 18.7 Å². The zero-order valence-electron chi connectivity index (χ0n) is 16.3. The number of anilines is 2. The van der Waals surface area contributed by atoms with Crippen molar-refractivity contribution in [3.63, 3.8) is 0 Å². The lowest BCUT2D eigenvalue weighted by molar-refractivity contribution is -0.116. The summed E-state index contributed by atoms with van der Waals surface area (Å²) in [5, 5.41) is 10.7. The Morgan fingerprint density at radius 2 is 1.90 bits per heavy atom. The van der Waals surface area contributed by atoms with Crippen LogP contribution in [0.2, 0.25) is 0 Å². The minimum atomic E-state index is -0.441. The van der Waals surface area contributed by atoms with E-state index in [1.165, 1.54) is 16.8 Å². The number of hydrogen-bond acceptors (Lipinski definition) is 6. The first-order valence-electron chi connectivity index (χ1n) is 9.66. The van der Waals surface area contributed by atoms with Crippen molar-refractivity contribution in [1.82, 2.24) is 15.0 Å². The smallest absolute Gasteiger partial charge is 0.246 e. The minimum Gasteiger partial charge on any atom is -0.484 e. The van der Waals surface area contributed by atoms with Crippen LogP contribution in [-0.2, 0) is 22.7 Å². The Hall–Kier alpha value is -3.46. The number of ether oxygens (including phenoxy) is 2. The molecule has 8 nitrogen and oxygen atoms in total. The summed E-state index contributed by atoms with van der Waals surface area (Å²) in [6.45, 7) is 3.25. The van der Waals surface area contributed by atoms with E-state index in [1.807, 2.05) is 24.3 Å². The van der Waals surface area contributed by atoms with Gasteiger partial charge in [-0.3, -0.25) is 4.79 Å². The number of hydrogen-bond donors (Lipinski definition) is 1. The maximum Gasteiger partial charge on any atom is 0.246 e. The largest absolute Gasteiger partial charge is 0.484 e. The molecule has 1 aliphatic heterocycles. The second-order valence-electron chi connectivity index (χ2n) is 6.82. The number of para-hydroxylation sites is 1. The molecule has 9 heteroatoms. The summed E-state index contributed by atoms with van der Waals surface area (Å²) in [5.41, 5.74) is 2.31. The first kappa shape index (κ1) is 19.8. The van der Waals surface area contributed by atoms with Gasteiger partial charge >= 0.3 is 0 Å². The monoisotopic (exact) mass is 411 g/mol. The molecule has 1 amide bonds. The molecule has 1 aliphatic rings. The van der Waals surface area contributed by atoms with Crippen LogP contribution in [0.15, 0.2) is 54.7 Å². The quantitative estimate of drug-likeness (QED) is 0.643. The highest BCUT2D eigenvalue weighted by Gasteiger charge is 2.12. The Morgan fingerprint density at radius 3 is 2.67 bits per heavy atom. The van der Waals surface area contributed by atoms with Crippen LogP contribution in [0, 0.1) is 5.82 Å². The summed E-state index contributed by atoms with van der Waals surface area (Å²) < 4.78 is 25.8.